The molecule has 0 bridgehead atoms. The number of nitrogens with zero attached hydrogens (tertiary/aromatic N) is 1. The van der Waals surface area contributed by atoms with Gasteiger partial charge in [0, 0.05) is 22.6 Å². The van der Waals surface area contributed by atoms with E-state index in [4.69, 9.17) is 9.15 Å². The molecule has 0 radical (unpaired) electrons. The molecule has 1 unspecified atom stereocenters. The van der Waals surface area contributed by atoms with Gasteiger partial charge in [-0.25, -0.2) is 4.57 Å². The highest BCUT2D eigenvalue weighted by Gasteiger charge is 2.30. The van der Waals surface area contributed by atoms with Gasteiger partial charge in [0.05, 0.1) is 24.2 Å². The Bertz CT molecular complexity index is 1210. The second-order valence-corrected chi connectivity index (χ2v) is 7.82. The first kappa shape index (κ1) is 17.9. The fourth-order valence-corrected chi connectivity index (χ4v) is 4.54. The van der Waals surface area contributed by atoms with Gasteiger partial charge in [0.1, 0.15) is 36.0 Å². The highest BCUT2D eigenvalue weighted by Crippen LogP contribution is 2.42. The number of fused-ring (bicyclic) bond motifs is 6. The van der Waals surface area contributed by atoms with E-state index in [0.29, 0.717) is 18.1 Å². The van der Waals surface area contributed by atoms with Crippen LogP contribution in [0.15, 0.2) is 47.4 Å². The summed E-state index contributed by atoms with van der Waals surface area (Å²) in [5, 5.41) is 2.99. The highest BCUT2D eigenvalue weighted by atomic mass is 16.5. The number of carbonyl (C=O) groups is 1. The molecular formula is C23H25N3O3+2. The highest BCUT2D eigenvalue weighted by molar-refractivity contribution is 6.17. The van der Waals surface area contributed by atoms with Gasteiger partial charge < -0.3 is 9.15 Å². The number of nitrogens with one attached hydrogen (secondary N) is 2. The molecule has 5 rings (SSSR count). The van der Waals surface area contributed by atoms with Crippen LogP contribution in [-0.4, -0.2) is 24.0 Å². The molecule has 4 aromatic rings. The Kier molecular flexibility index (Phi) is 4.36. The van der Waals surface area contributed by atoms with Crippen LogP contribution >= 0.6 is 0 Å². The predicted molar refractivity (Wildman–Crippen MR) is 109 cm³/mol. The van der Waals surface area contributed by atoms with Gasteiger partial charge in [-0.2, -0.15) is 0 Å². The van der Waals surface area contributed by atoms with E-state index in [1.54, 1.807) is 6.92 Å². The van der Waals surface area contributed by atoms with Crippen LogP contribution in [0.3, 0.4) is 0 Å². The van der Waals surface area contributed by atoms with Crippen molar-refractivity contribution >= 4 is 27.5 Å². The monoisotopic (exact) mass is 391 g/mol. The third-order valence-corrected chi connectivity index (χ3v) is 5.83. The van der Waals surface area contributed by atoms with Crippen molar-refractivity contribution in [2.75, 3.05) is 13.3 Å². The maximum absolute atomic E-state index is 12.4. The number of quaternary nitrogens is 1. The van der Waals surface area contributed by atoms with E-state index < -0.39 is 0 Å². The summed E-state index contributed by atoms with van der Waals surface area (Å²) < 4.78 is 14.5. The zero-order valence-electron chi connectivity index (χ0n) is 16.7. The number of Topliss-reactive ketones (excluding diaryl/α,β-unsaturated/α-hetero) is 1. The van der Waals surface area contributed by atoms with Crippen LogP contribution in [0.2, 0.25) is 0 Å². The number of rotatable bonds is 5. The van der Waals surface area contributed by atoms with Gasteiger partial charge in [-0.3, -0.25) is 14.7 Å². The number of ketones is 1. The lowest BCUT2D eigenvalue weighted by molar-refractivity contribution is -0.934. The largest absolute Gasteiger partial charge is 0.460 e. The van der Waals surface area contributed by atoms with Crippen molar-refractivity contribution in [3.63, 3.8) is 0 Å². The van der Waals surface area contributed by atoms with Crippen molar-refractivity contribution in [3.05, 3.63) is 59.9 Å². The average Bonchev–Trinajstić information content (AvgIpc) is 3.35. The Morgan fingerprint density at radius 2 is 2.10 bits per heavy atom. The maximum Gasteiger partial charge on any atom is 0.241 e. The number of aromatic amines is 1. The Labute approximate surface area is 168 Å². The van der Waals surface area contributed by atoms with E-state index in [2.05, 4.69) is 15.6 Å². The minimum Gasteiger partial charge on any atom is -0.460 e. The van der Waals surface area contributed by atoms with E-state index in [0.717, 1.165) is 59.1 Å². The van der Waals surface area contributed by atoms with Crippen LogP contribution in [0, 0.1) is 6.92 Å². The Hall–Kier alpha value is -3.12. The van der Waals surface area contributed by atoms with Crippen LogP contribution in [0.25, 0.3) is 21.7 Å². The first-order chi connectivity index (χ1) is 14.1. The van der Waals surface area contributed by atoms with Crippen molar-refractivity contribution in [2.45, 2.75) is 33.4 Å². The normalized spacial score (nSPS) is 16.1. The molecular weight excluding hydrogens is 366 g/mol. The van der Waals surface area contributed by atoms with E-state index >= 15 is 0 Å². The van der Waals surface area contributed by atoms with Gasteiger partial charge in [-0.15, -0.1) is 0 Å². The van der Waals surface area contributed by atoms with E-state index in [1.807, 2.05) is 43.8 Å². The van der Waals surface area contributed by atoms with Crippen LogP contribution in [0.4, 0.5) is 0 Å². The fourth-order valence-electron chi connectivity index (χ4n) is 4.54. The number of benzene rings is 2. The third kappa shape index (κ3) is 3.00. The van der Waals surface area contributed by atoms with Gasteiger partial charge in [-0.1, -0.05) is 24.3 Å². The first-order valence-electron chi connectivity index (χ1n) is 10.1. The maximum atomic E-state index is 12.4. The predicted octanol–water partition coefficient (Wildman–Crippen LogP) is 2.54. The summed E-state index contributed by atoms with van der Waals surface area (Å²) in [5.74, 6) is 1.62. The van der Waals surface area contributed by atoms with Crippen molar-refractivity contribution in [1.29, 1.82) is 0 Å². The topological polar surface area (TPSA) is 63.5 Å². The Balaban J connectivity index is 1.56. The summed E-state index contributed by atoms with van der Waals surface area (Å²) in [6.45, 7) is 6.91. The summed E-state index contributed by atoms with van der Waals surface area (Å²) in [6.07, 6.45) is 7.00. The fraction of sp³-hybridized carbons (Fsp3) is 0.304. The van der Waals surface area contributed by atoms with Crippen LogP contribution in [-0.2, 0) is 13.1 Å². The van der Waals surface area contributed by atoms with Crippen LogP contribution in [0.5, 0.6) is 5.75 Å². The Morgan fingerprint density at radius 3 is 2.86 bits per heavy atom. The zero-order valence-corrected chi connectivity index (χ0v) is 16.7. The molecule has 1 atom stereocenters. The molecule has 0 amide bonds. The summed E-state index contributed by atoms with van der Waals surface area (Å²) >= 11 is 0. The number of ether oxygens (including phenoxy) is 1. The standard InChI is InChI=1S/C23H23N3O3/c1-15(27)20-16(2)29-23-18-7-4-3-6-17(18)22-19(21(20)23)12-26(14-28-22)10-5-9-25-11-8-24-13-25/h3-4,6-8,11,13H,5,9-10,12,14H2,1-2H3/p+2. The number of H-pyrrole nitrogens is 1. The molecule has 0 spiro atoms. The Morgan fingerprint density at radius 1 is 1.28 bits per heavy atom. The first-order valence-corrected chi connectivity index (χ1v) is 10.1. The summed E-state index contributed by atoms with van der Waals surface area (Å²) in [5.41, 5.74) is 2.58. The zero-order chi connectivity index (χ0) is 20.0. The number of imidazole rings is 1. The molecule has 0 saturated carbocycles. The molecule has 1 aliphatic rings. The quantitative estimate of drug-likeness (QED) is 0.406. The number of hydrogen-bond acceptors (Lipinski definition) is 3. The number of aryl methyl sites for hydroxylation is 2. The molecule has 2 N–H and O–H groups in total. The minimum atomic E-state index is 0.0368. The van der Waals surface area contributed by atoms with Gasteiger partial charge in [0.2, 0.25) is 13.1 Å². The molecule has 0 fully saturated rings. The summed E-state index contributed by atoms with van der Waals surface area (Å²) in [7, 11) is 0. The molecule has 3 heterocycles. The lowest BCUT2D eigenvalue weighted by Gasteiger charge is -2.27. The molecule has 2 aromatic heterocycles. The summed E-state index contributed by atoms with van der Waals surface area (Å²) in [4.78, 5) is 16.9. The smallest absolute Gasteiger partial charge is 0.241 e. The van der Waals surface area contributed by atoms with E-state index in [9.17, 15) is 4.79 Å². The third-order valence-electron chi connectivity index (χ3n) is 5.83. The minimum absolute atomic E-state index is 0.0368. The van der Waals surface area contributed by atoms with Crippen molar-refractivity contribution < 1.29 is 23.4 Å². The van der Waals surface area contributed by atoms with Gasteiger partial charge in [-0.05, 0) is 13.8 Å². The molecule has 0 saturated heterocycles. The number of aromatic nitrogens is 2. The molecule has 29 heavy (non-hydrogen) atoms. The van der Waals surface area contributed by atoms with Crippen LogP contribution < -0.4 is 14.2 Å². The van der Waals surface area contributed by atoms with Crippen LogP contribution in [0.1, 0.15) is 35.0 Å². The molecule has 2 aromatic carbocycles. The molecule has 148 valence electrons. The summed E-state index contributed by atoms with van der Waals surface area (Å²) in [6, 6.07) is 8.14. The van der Waals surface area contributed by atoms with Crippen molar-refractivity contribution in [2.24, 2.45) is 0 Å². The van der Waals surface area contributed by atoms with Gasteiger partial charge in [0.15, 0.2) is 5.78 Å². The molecule has 0 aliphatic carbocycles. The van der Waals surface area contributed by atoms with Gasteiger partial charge in [0.25, 0.3) is 0 Å². The molecule has 6 nitrogen and oxygen atoms in total. The lowest BCUT2D eigenvalue weighted by atomic mass is 9.95. The van der Waals surface area contributed by atoms with Gasteiger partial charge >= 0.3 is 0 Å². The number of carbonyl (C=O) groups excluding carboxylic acids is 1. The van der Waals surface area contributed by atoms with Crippen molar-refractivity contribution in [3.8, 4) is 5.75 Å². The SMILES string of the molecule is CC(=O)c1c(C)oc2c1c1c(c3ccccc32)OC[NH+](CCC[n+]2cc[nH]c2)C1. The second kappa shape index (κ2) is 7.04. The number of furan rings is 1. The van der Waals surface area contributed by atoms with Crippen molar-refractivity contribution in [1.82, 2.24) is 4.98 Å². The second-order valence-electron chi connectivity index (χ2n) is 7.82. The molecule has 1 aliphatic heterocycles. The number of hydrogen-bond donors (Lipinski definition) is 2. The van der Waals surface area contributed by atoms with E-state index in [1.165, 1.54) is 4.90 Å². The average molecular weight is 391 g/mol. The lowest BCUT2D eigenvalue weighted by Crippen LogP contribution is -3.12. The van der Waals surface area contributed by atoms with E-state index in [-0.39, 0.29) is 5.78 Å². The molecule has 6 heteroatoms.